The first kappa shape index (κ1) is 15.6. The van der Waals surface area contributed by atoms with E-state index in [0.29, 0.717) is 11.4 Å². The van der Waals surface area contributed by atoms with E-state index in [2.05, 4.69) is 16.0 Å². The lowest BCUT2D eigenvalue weighted by molar-refractivity contribution is 0.0695. The fraction of sp³-hybridized carbons (Fsp3) is 0.421. The molecule has 134 valence electrons. The number of carboxylic acids is 1. The standard InChI is InChI=1S/C19H20N4O3/c20-10-6-12-2-1-3-13-16-14(7-21-18(13)23(12)8-10)17(24)15(19(25)26)9-22(16)11-4-5-11/h1,3,7,9-12H,2,4-6,8,20H2,(H,25,26)/t10-,12?/m0/s1. The average Bonchev–Trinajstić information content (AvgIpc) is 3.40. The van der Waals surface area contributed by atoms with Crippen LogP contribution in [0.25, 0.3) is 17.0 Å². The summed E-state index contributed by atoms with van der Waals surface area (Å²) in [5.74, 6) is -0.344. The minimum atomic E-state index is -1.19. The van der Waals surface area contributed by atoms with E-state index in [4.69, 9.17) is 5.73 Å². The fourth-order valence-corrected chi connectivity index (χ4v) is 4.31. The lowest BCUT2D eigenvalue weighted by Gasteiger charge is -2.25. The highest BCUT2D eigenvalue weighted by atomic mass is 16.4. The number of hydrogen-bond acceptors (Lipinski definition) is 5. The zero-order valence-corrected chi connectivity index (χ0v) is 14.3. The van der Waals surface area contributed by atoms with Crippen LogP contribution < -0.4 is 16.1 Å². The van der Waals surface area contributed by atoms with Crippen LogP contribution in [0.1, 0.15) is 47.6 Å². The molecule has 0 amide bonds. The second kappa shape index (κ2) is 5.41. The van der Waals surface area contributed by atoms with Crippen molar-refractivity contribution in [3.05, 3.63) is 39.8 Å². The Morgan fingerprint density at radius 3 is 2.85 bits per heavy atom. The van der Waals surface area contributed by atoms with Crippen LogP contribution in [0.3, 0.4) is 0 Å². The summed E-state index contributed by atoms with van der Waals surface area (Å²) in [6, 6.07) is 0.694. The fourth-order valence-electron chi connectivity index (χ4n) is 4.31. The molecule has 2 aromatic rings. The number of hydrogen-bond donors (Lipinski definition) is 2. The normalized spacial score (nSPS) is 24.4. The number of nitrogens with two attached hydrogens (primary N) is 1. The van der Waals surface area contributed by atoms with Crippen LogP contribution in [0.15, 0.2) is 23.3 Å². The lowest BCUT2D eigenvalue weighted by atomic mass is 10.1. The quantitative estimate of drug-likeness (QED) is 0.854. The Kier molecular flexibility index (Phi) is 3.24. The monoisotopic (exact) mass is 352 g/mol. The molecule has 0 bridgehead atoms. The second-order valence-electron chi connectivity index (χ2n) is 7.51. The summed E-state index contributed by atoms with van der Waals surface area (Å²) in [6.07, 6.45) is 11.0. The summed E-state index contributed by atoms with van der Waals surface area (Å²) in [6.45, 7) is 0.749. The molecular formula is C19H20N4O3. The van der Waals surface area contributed by atoms with Gasteiger partial charge in [-0.3, -0.25) is 4.79 Å². The Hall–Kier alpha value is -2.67. The van der Waals surface area contributed by atoms with Gasteiger partial charge in [0.1, 0.15) is 11.4 Å². The van der Waals surface area contributed by atoms with Gasteiger partial charge in [-0.25, -0.2) is 9.78 Å². The van der Waals surface area contributed by atoms with Crippen molar-refractivity contribution in [1.82, 2.24) is 9.55 Å². The van der Waals surface area contributed by atoms with Crippen molar-refractivity contribution < 1.29 is 9.90 Å². The topological polar surface area (TPSA) is 101 Å². The Labute approximate surface area is 149 Å². The third-order valence-electron chi connectivity index (χ3n) is 5.66. The van der Waals surface area contributed by atoms with Crippen LogP contribution in [-0.4, -0.2) is 39.3 Å². The summed E-state index contributed by atoms with van der Waals surface area (Å²) >= 11 is 0. The molecule has 1 saturated heterocycles. The van der Waals surface area contributed by atoms with Crippen molar-refractivity contribution in [2.24, 2.45) is 5.73 Å². The maximum Gasteiger partial charge on any atom is 0.341 e. The number of aromatic carboxylic acids is 1. The summed E-state index contributed by atoms with van der Waals surface area (Å²) in [7, 11) is 0. The minimum absolute atomic E-state index is 0.122. The molecule has 7 nitrogen and oxygen atoms in total. The third kappa shape index (κ3) is 2.20. The van der Waals surface area contributed by atoms with Gasteiger partial charge in [0.05, 0.1) is 10.9 Å². The average molecular weight is 352 g/mol. The summed E-state index contributed by atoms with van der Waals surface area (Å²) < 4.78 is 1.97. The molecule has 1 unspecified atom stereocenters. The van der Waals surface area contributed by atoms with Crippen LogP contribution in [0.4, 0.5) is 5.82 Å². The molecule has 2 aliphatic heterocycles. The molecule has 2 aromatic heterocycles. The Bertz CT molecular complexity index is 1020. The predicted octanol–water partition coefficient (Wildman–Crippen LogP) is 1.75. The molecule has 0 spiro atoms. The van der Waals surface area contributed by atoms with Gasteiger partial charge in [0.15, 0.2) is 0 Å². The predicted molar refractivity (Wildman–Crippen MR) is 98.6 cm³/mol. The van der Waals surface area contributed by atoms with Crippen molar-refractivity contribution in [2.45, 2.75) is 43.8 Å². The number of rotatable bonds is 2. The SMILES string of the molecule is N[C@H]1CC2CC=Cc3c(ncc4c(=O)c(C(=O)O)cn(C5CC5)c34)N2C1. The molecule has 1 aliphatic carbocycles. The van der Waals surface area contributed by atoms with Gasteiger partial charge in [-0.05, 0) is 25.7 Å². The van der Waals surface area contributed by atoms with E-state index in [1.807, 2.05) is 10.6 Å². The van der Waals surface area contributed by atoms with E-state index in [1.54, 1.807) is 6.20 Å². The van der Waals surface area contributed by atoms with Crippen LogP contribution in [0.2, 0.25) is 0 Å². The van der Waals surface area contributed by atoms with E-state index in [-0.39, 0.29) is 17.6 Å². The molecule has 0 radical (unpaired) electrons. The number of fused-ring (bicyclic) bond motifs is 5. The van der Waals surface area contributed by atoms with Crippen LogP contribution >= 0.6 is 0 Å². The Balaban J connectivity index is 1.83. The third-order valence-corrected chi connectivity index (χ3v) is 5.66. The Morgan fingerprint density at radius 2 is 2.12 bits per heavy atom. The first-order valence-corrected chi connectivity index (χ1v) is 9.04. The van der Waals surface area contributed by atoms with Gasteiger partial charge >= 0.3 is 5.97 Å². The first-order valence-electron chi connectivity index (χ1n) is 9.04. The van der Waals surface area contributed by atoms with Crippen LogP contribution in [0, 0.1) is 0 Å². The van der Waals surface area contributed by atoms with Crippen molar-refractivity contribution >= 4 is 28.8 Å². The number of carbonyl (C=O) groups is 1. The molecule has 3 N–H and O–H groups in total. The largest absolute Gasteiger partial charge is 0.477 e. The number of carboxylic acid groups (broad SMARTS) is 1. The number of nitrogens with zero attached hydrogens (tertiary/aromatic N) is 3. The van der Waals surface area contributed by atoms with Crippen LogP contribution in [-0.2, 0) is 0 Å². The minimum Gasteiger partial charge on any atom is -0.477 e. The smallest absolute Gasteiger partial charge is 0.341 e. The van der Waals surface area contributed by atoms with Gasteiger partial charge in [0.2, 0.25) is 5.43 Å². The van der Waals surface area contributed by atoms with Crippen LogP contribution in [0.5, 0.6) is 0 Å². The molecule has 4 heterocycles. The second-order valence-corrected chi connectivity index (χ2v) is 7.51. The molecule has 5 rings (SSSR count). The number of anilines is 1. The molecule has 1 saturated carbocycles. The van der Waals surface area contributed by atoms with Gasteiger partial charge in [-0.1, -0.05) is 12.2 Å². The molecule has 26 heavy (non-hydrogen) atoms. The van der Waals surface area contributed by atoms with Gasteiger partial charge in [-0.15, -0.1) is 0 Å². The molecule has 0 aromatic carbocycles. The highest BCUT2D eigenvalue weighted by molar-refractivity contribution is 5.97. The van der Waals surface area contributed by atoms with E-state index in [1.165, 1.54) is 6.20 Å². The van der Waals surface area contributed by atoms with Crippen molar-refractivity contribution in [2.75, 3.05) is 11.4 Å². The molecule has 7 heteroatoms. The lowest BCUT2D eigenvalue weighted by Crippen LogP contribution is -2.31. The zero-order chi connectivity index (χ0) is 18.0. The van der Waals surface area contributed by atoms with E-state index in [9.17, 15) is 14.7 Å². The van der Waals surface area contributed by atoms with E-state index < -0.39 is 11.4 Å². The molecule has 2 atom stereocenters. The zero-order valence-electron chi connectivity index (χ0n) is 14.3. The van der Waals surface area contributed by atoms with Crippen molar-refractivity contribution in [1.29, 1.82) is 0 Å². The van der Waals surface area contributed by atoms with Gasteiger partial charge in [0.25, 0.3) is 0 Å². The van der Waals surface area contributed by atoms with Gasteiger partial charge in [0, 0.05) is 42.6 Å². The maximum absolute atomic E-state index is 12.7. The van der Waals surface area contributed by atoms with Crippen molar-refractivity contribution in [3.8, 4) is 0 Å². The summed E-state index contributed by atoms with van der Waals surface area (Å²) in [4.78, 5) is 31.1. The maximum atomic E-state index is 12.7. The highest BCUT2D eigenvalue weighted by Gasteiger charge is 2.35. The van der Waals surface area contributed by atoms with Gasteiger partial charge < -0.3 is 20.3 Å². The Morgan fingerprint density at radius 1 is 1.31 bits per heavy atom. The van der Waals surface area contributed by atoms with Crippen molar-refractivity contribution in [3.63, 3.8) is 0 Å². The summed E-state index contributed by atoms with van der Waals surface area (Å²) in [5.41, 5.74) is 7.21. The highest BCUT2D eigenvalue weighted by Crippen LogP contribution is 2.41. The molecular weight excluding hydrogens is 332 g/mol. The number of pyridine rings is 2. The van der Waals surface area contributed by atoms with Gasteiger partial charge in [-0.2, -0.15) is 0 Å². The summed E-state index contributed by atoms with van der Waals surface area (Å²) in [5, 5.41) is 9.79. The molecule has 3 aliphatic rings. The molecule has 2 fully saturated rings. The van der Waals surface area contributed by atoms with E-state index >= 15 is 0 Å². The first-order chi connectivity index (χ1) is 12.5. The van der Waals surface area contributed by atoms with E-state index in [0.717, 1.165) is 49.1 Å². The number of aromatic nitrogens is 2.